The van der Waals surface area contributed by atoms with Gasteiger partial charge < -0.3 is 10.6 Å². The van der Waals surface area contributed by atoms with Crippen molar-refractivity contribution in [3.05, 3.63) is 12.7 Å². The van der Waals surface area contributed by atoms with Crippen molar-refractivity contribution in [3.63, 3.8) is 0 Å². The van der Waals surface area contributed by atoms with Crippen LogP contribution in [0, 0.1) is 5.92 Å². The zero-order chi connectivity index (χ0) is 9.84. The summed E-state index contributed by atoms with van der Waals surface area (Å²) in [6.07, 6.45) is 3.15. The number of likely N-dealkylation sites (tertiary alicyclic amines) is 1. The second-order valence-corrected chi connectivity index (χ2v) is 3.74. The topological polar surface area (TPSA) is 46.3 Å². The summed E-state index contributed by atoms with van der Waals surface area (Å²) in [6, 6.07) is 0.196. The molecule has 1 amide bonds. The van der Waals surface area contributed by atoms with Crippen molar-refractivity contribution < 1.29 is 4.79 Å². The van der Waals surface area contributed by atoms with Gasteiger partial charge in [0, 0.05) is 25.6 Å². The van der Waals surface area contributed by atoms with Gasteiger partial charge >= 0.3 is 0 Å². The molecule has 1 saturated heterocycles. The molecule has 0 saturated carbocycles. The number of carbonyl (C=O) groups is 1. The Hall–Kier alpha value is -0.830. The maximum Gasteiger partial charge on any atom is 0.226 e. The minimum absolute atomic E-state index is 0.179. The summed E-state index contributed by atoms with van der Waals surface area (Å²) in [5, 5.41) is 0. The summed E-state index contributed by atoms with van der Waals surface area (Å²) >= 11 is 0. The summed E-state index contributed by atoms with van der Waals surface area (Å²) in [5.41, 5.74) is 5.78. The van der Waals surface area contributed by atoms with Gasteiger partial charge in [-0.1, -0.05) is 6.08 Å². The summed E-state index contributed by atoms with van der Waals surface area (Å²) in [7, 11) is 0. The molecular weight excluding hydrogens is 164 g/mol. The summed E-state index contributed by atoms with van der Waals surface area (Å²) < 4.78 is 0. The van der Waals surface area contributed by atoms with E-state index < -0.39 is 0 Å². The molecule has 3 nitrogen and oxygen atoms in total. The van der Waals surface area contributed by atoms with Gasteiger partial charge in [-0.25, -0.2) is 0 Å². The predicted molar refractivity (Wildman–Crippen MR) is 53.2 cm³/mol. The molecule has 2 unspecified atom stereocenters. The fourth-order valence-corrected chi connectivity index (χ4v) is 1.70. The maximum absolute atomic E-state index is 11.4. The van der Waals surface area contributed by atoms with E-state index in [0.29, 0.717) is 12.3 Å². The van der Waals surface area contributed by atoms with Crippen LogP contribution >= 0.6 is 0 Å². The zero-order valence-corrected chi connectivity index (χ0v) is 8.20. The summed E-state index contributed by atoms with van der Waals surface area (Å²) in [5.74, 6) is 0.659. The fraction of sp³-hybridized carbons (Fsp3) is 0.700. The lowest BCUT2D eigenvalue weighted by Crippen LogP contribution is -2.32. The quantitative estimate of drug-likeness (QED) is 0.655. The van der Waals surface area contributed by atoms with Crippen LogP contribution in [-0.2, 0) is 4.79 Å². The highest BCUT2D eigenvalue weighted by Gasteiger charge is 2.27. The lowest BCUT2D eigenvalue weighted by molar-refractivity contribution is -0.129. The first-order valence-corrected chi connectivity index (χ1v) is 4.79. The number of nitrogens with two attached hydrogens (primary N) is 1. The first-order chi connectivity index (χ1) is 6.15. The van der Waals surface area contributed by atoms with Crippen molar-refractivity contribution >= 4 is 5.91 Å². The van der Waals surface area contributed by atoms with E-state index in [-0.39, 0.29) is 11.9 Å². The Morgan fingerprint density at radius 2 is 2.54 bits per heavy atom. The number of nitrogens with zero attached hydrogens (tertiary/aromatic N) is 1. The third-order valence-electron chi connectivity index (χ3n) is 2.64. The van der Waals surface area contributed by atoms with Crippen molar-refractivity contribution in [1.29, 1.82) is 0 Å². The van der Waals surface area contributed by atoms with Gasteiger partial charge in [0.15, 0.2) is 0 Å². The average Bonchev–Trinajstić information content (AvgIpc) is 2.52. The normalized spacial score (nSPS) is 24.5. The van der Waals surface area contributed by atoms with Crippen LogP contribution in [0.3, 0.4) is 0 Å². The van der Waals surface area contributed by atoms with Gasteiger partial charge in [-0.2, -0.15) is 0 Å². The van der Waals surface area contributed by atoms with Crippen LogP contribution in [0.15, 0.2) is 12.7 Å². The van der Waals surface area contributed by atoms with E-state index in [2.05, 4.69) is 6.58 Å². The van der Waals surface area contributed by atoms with E-state index >= 15 is 0 Å². The second kappa shape index (κ2) is 4.42. The smallest absolute Gasteiger partial charge is 0.226 e. The van der Waals surface area contributed by atoms with Crippen LogP contribution in [0.4, 0.5) is 0 Å². The van der Waals surface area contributed by atoms with E-state index in [4.69, 9.17) is 5.73 Å². The average molecular weight is 182 g/mol. The molecule has 1 fully saturated rings. The van der Waals surface area contributed by atoms with Gasteiger partial charge in [0.2, 0.25) is 5.91 Å². The lowest BCUT2D eigenvalue weighted by atomic mass is 10.0. The van der Waals surface area contributed by atoms with E-state index in [0.717, 1.165) is 19.5 Å². The molecule has 74 valence electrons. The molecule has 13 heavy (non-hydrogen) atoms. The highest BCUT2D eigenvalue weighted by molar-refractivity contribution is 5.77. The molecule has 2 atom stereocenters. The minimum atomic E-state index is 0.179. The van der Waals surface area contributed by atoms with Crippen molar-refractivity contribution in [2.45, 2.75) is 25.8 Å². The predicted octanol–water partition coefficient (Wildman–Crippen LogP) is 0.758. The number of carbonyl (C=O) groups excluding carboxylic acids is 1. The molecule has 1 aliphatic heterocycles. The first kappa shape index (κ1) is 10.3. The van der Waals surface area contributed by atoms with Crippen LogP contribution in [0.25, 0.3) is 0 Å². The number of amides is 1. The molecule has 3 heteroatoms. The van der Waals surface area contributed by atoms with Crippen LogP contribution in [0.1, 0.15) is 19.8 Å². The van der Waals surface area contributed by atoms with Crippen LogP contribution in [0.5, 0.6) is 0 Å². The number of hydrogen-bond donors (Lipinski definition) is 1. The minimum Gasteiger partial charge on any atom is -0.342 e. The molecule has 1 aliphatic rings. The van der Waals surface area contributed by atoms with Gasteiger partial charge in [-0.3, -0.25) is 4.79 Å². The molecular formula is C10H18N2O. The SMILES string of the molecule is C=CCC(=O)N1CCC(C(C)N)C1. The van der Waals surface area contributed by atoms with Crippen molar-refractivity contribution in [3.8, 4) is 0 Å². The zero-order valence-electron chi connectivity index (χ0n) is 8.20. The molecule has 2 N–H and O–H groups in total. The Morgan fingerprint density at radius 3 is 3.00 bits per heavy atom. The number of rotatable bonds is 3. The lowest BCUT2D eigenvalue weighted by Gasteiger charge is -2.17. The molecule has 0 aliphatic carbocycles. The van der Waals surface area contributed by atoms with Gasteiger partial charge in [0.25, 0.3) is 0 Å². The first-order valence-electron chi connectivity index (χ1n) is 4.79. The van der Waals surface area contributed by atoms with Crippen LogP contribution in [-0.4, -0.2) is 29.9 Å². The summed E-state index contributed by atoms with van der Waals surface area (Å²) in [4.78, 5) is 13.3. The molecule has 0 bridgehead atoms. The van der Waals surface area contributed by atoms with Gasteiger partial charge in [0.05, 0.1) is 0 Å². The van der Waals surface area contributed by atoms with Crippen molar-refractivity contribution in [2.75, 3.05) is 13.1 Å². The van der Waals surface area contributed by atoms with E-state index in [1.165, 1.54) is 0 Å². The van der Waals surface area contributed by atoms with E-state index in [1.54, 1.807) is 6.08 Å². The molecule has 0 aromatic carbocycles. The third-order valence-corrected chi connectivity index (χ3v) is 2.64. The van der Waals surface area contributed by atoms with Gasteiger partial charge in [-0.05, 0) is 19.3 Å². The largest absolute Gasteiger partial charge is 0.342 e. The Balaban J connectivity index is 2.40. The number of hydrogen-bond acceptors (Lipinski definition) is 2. The summed E-state index contributed by atoms with van der Waals surface area (Å²) in [6.45, 7) is 7.24. The maximum atomic E-state index is 11.4. The van der Waals surface area contributed by atoms with Crippen LogP contribution < -0.4 is 5.73 Å². The van der Waals surface area contributed by atoms with Crippen molar-refractivity contribution in [1.82, 2.24) is 4.90 Å². The molecule has 0 radical (unpaired) electrons. The molecule has 0 spiro atoms. The highest BCUT2D eigenvalue weighted by atomic mass is 16.2. The Kier molecular flexibility index (Phi) is 3.48. The molecule has 0 aromatic heterocycles. The van der Waals surface area contributed by atoms with Crippen LogP contribution in [0.2, 0.25) is 0 Å². The highest BCUT2D eigenvalue weighted by Crippen LogP contribution is 2.19. The molecule has 1 rings (SSSR count). The second-order valence-electron chi connectivity index (χ2n) is 3.74. The Labute approximate surface area is 79.6 Å². The standard InChI is InChI=1S/C10H18N2O/c1-3-4-10(13)12-6-5-9(7-12)8(2)11/h3,8-9H,1,4-7,11H2,2H3. The van der Waals surface area contributed by atoms with E-state index in [1.807, 2.05) is 11.8 Å². The van der Waals surface area contributed by atoms with Gasteiger partial charge in [0.1, 0.15) is 0 Å². The van der Waals surface area contributed by atoms with Gasteiger partial charge in [-0.15, -0.1) is 6.58 Å². The van der Waals surface area contributed by atoms with E-state index in [9.17, 15) is 4.79 Å². The molecule has 0 aromatic rings. The Bertz CT molecular complexity index is 201. The third kappa shape index (κ3) is 2.56. The Morgan fingerprint density at radius 1 is 1.85 bits per heavy atom. The monoisotopic (exact) mass is 182 g/mol. The fourth-order valence-electron chi connectivity index (χ4n) is 1.70. The molecule has 1 heterocycles. The van der Waals surface area contributed by atoms with Crippen molar-refractivity contribution in [2.24, 2.45) is 11.7 Å².